The van der Waals surface area contributed by atoms with Gasteiger partial charge in [0, 0.05) is 10.6 Å². The van der Waals surface area contributed by atoms with E-state index in [1.807, 2.05) is 25.1 Å². The highest BCUT2D eigenvalue weighted by Crippen LogP contribution is 2.35. The minimum absolute atomic E-state index is 0.0811. The zero-order valence-corrected chi connectivity index (χ0v) is 19.2. The molecule has 10 heteroatoms. The topological polar surface area (TPSA) is 67.2 Å². The van der Waals surface area contributed by atoms with Gasteiger partial charge in [0.2, 0.25) is 0 Å². The maximum atomic E-state index is 12.5. The van der Waals surface area contributed by atoms with Crippen molar-refractivity contribution in [2.45, 2.75) is 6.92 Å². The SMILES string of the molecule is Cc1ccc(-c2ccc(C(=O)NC(=S)Nc3nc4c(Cl)c(Cl)ccc4s3)o2)cc1Cl. The van der Waals surface area contributed by atoms with Crippen LogP contribution < -0.4 is 10.6 Å². The fourth-order valence-corrected chi connectivity index (χ4v) is 4.37. The van der Waals surface area contributed by atoms with Crippen LogP contribution in [0, 0.1) is 6.92 Å². The molecule has 0 fully saturated rings. The first-order valence-corrected chi connectivity index (χ1v) is 10.9. The molecule has 0 saturated heterocycles. The summed E-state index contributed by atoms with van der Waals surface area (Å²) in [6.45, 7) is 1.91. The highest BCUT2D eigenvalue weighted by atomic mass is 35.5. The third-order valence-corrected chi connectivity index (χ3v) is 6.53. The number of furan rings is 1. The van der Waals surface area contributed by atoms with E-state index < -0.39 is 5.91 Å². The smallest absolute Gasteiger partial charge is 0.293 e. The minimum Gasteiger partial charge on any atom is -0.451 e. The van der Waals surface area contributed by atoms with Gasteiger partial charge in [0.1, 0.15) is 11.3 Å². The maximum absolute atomic E-state index is 12.5. The van der Waals surface area contributed by atoms with Gasteiger partial charge in [0.05, 0.1) is 14.7 Å². The molecule has 0 spiro atoms. The fourth-order valence-electron chi connectivity index (χ4n) is 2.65. The third kappa shape index (κ3) is 4.31. The number of benzene rings is 2. The normalized spacial score (nSPS) is 10.9. The molecule has 2 aromatic heterocycles. The summed E-state index contributed by atoms with van der Waals surface area (Å²) < 4.78 is 6.49. The van der Waals surface area contributed by atoms with E-state index in [1.165, 1.54) is 11.3 Å². The summed E-state index contributed by atoms with van der Waals surface area (Å²) in [5.41, 5.74) is 2.30. The summed E-state index contributed by atoms with van der Waals surface area (Å²) in [6.07, 6.45) is 0. The third-order valence-electron chi connectivity index (χ3n) is 4.19. The second-order valence-electron chi connectivity index (χ2n) is 6.26. The molecule has 0 unspecified atom stereocenters. The predicted molar refractivity (Wildman–Crippen MR) is 127 cm³/mol. The number of anilines is 1. The summed E-state index contributed by atoms with van der Waals surface area (Å²) >= 11 is 24.9. The van der Waals surface area contributed by atoms with Gasteiger partial charge in [-0.05, 0) is 55.0 Å². The molecule has 4 aromatic rings. The number of rotatable bonds is 3. The number of halogens is 3. The van der Waals surface area contributed by atoms with Crippen molar-refractivity contribution in [3.05, 3.63) is 68.9 Å². The van der Waals surface area contributed by atoms with Crippen LogP contribution in [0.15, 0.2) is 46.9 Å². The van der Waals surface area contributed by atoms with E-state index in [2.05, 4.69) is 15.6 Å². The van der Waals surface area contributed by atoms with Crippen LogP contribution in [0.25, 0.3) is 21.5 Å². The standard InChI is InChI=1S/C20H12Cl3N3O2S2/c1-9-2-3-10(8-12(9)22)13-5-6-14(28-13)18(27)25-19(29)26-20-24-17-15(30-20)7-4-11(21)16(17)23/h2-8H,1H3,(H2,24,25,26,27,29). The van der Waals surface area contributed by atoms with Crippen molar-refractivity contribution in [3.8, 4) is 11.3 Å². The van der Waals surface area contributed by atoms with Gasteiger partial charge in [-0.15, -0.1) is 0 Å². The molecule has 0 aliphatic carbocycles. The maximum Gasteiger partial charge on any atom is 0.293 e. The van der Waals surface area contributed by atoms with Gasteiger partial charge in [0.15, 0.2) is 16.0 Å². The number of nitrogens with zero attached hydrogens (tertiary/aromatic N) is 1. The van der Waals surface area contributed by atoms with Gasteiger partial charge >= 0.3 is 0 Å². The van der Waals surface area contributed by atoms with E-state index in [0.29, 0.717) is 31.5 Å². The van der Waals surface area contributed by atoms with Gasteiger partial charge in [0.25, 0.3) is 5.91 Å². The van der Waals surface area contributed by atoms with Crippen LogP contribution in [0.2, 0.25) is 15.1 Å². The van der Waals surface area contributed by atoms with Crippen molar-refractivity contribution in [2.24, 2.45) is 0 Å². The molecule has 0 saturated carbocycles. The lowest BCUT2D eigenvalue weighted by Gasteiger charge is -2.05. The van der Waals surface area contributed by atoms with Gasteiger partial charge in [-0.25, -0.2) is 4.98 Å². The molecule has 2 heterocycles. The van der Waals surface area contributed by atoms with Crippen molar-refractivity contribution in [3.63, 3.8) is 0 Å². The number of aromatic nitrogens is 1. The number of hydrogen-bond acceptors (Lipinski definition) is 5. The molecular weight excluding hydrogens is 485 g/mol. The lowest BCUT2D eigenvalue weighted by atomic mass is 10.1. The zero-order valence-electron chi connectivity index (χ0n) is 15.3. The first-order valence-electron chi connectivity index (χ1n) is 8.55. The molecule has 0 radical (unpaired) electrons. The second-order valence-corrected chi connectivity index (χ2v) is 8.89. The second kappa shape index (κ2) is 8.53. The Morgan fingerprint density at radius 3 is 2.67 bits per heavy atom. The Morgan fingerprint density at radius 1 is 1.10 bits per heavy atom. The van der Waals surface area contributed by atoms with E-state index in [1.54, 1.807) is 24.3 Å². The molecule has 0 aliphatic rings. The number of hydrogen-bond donors (Lipinski definition) is 2. The lowest BCUT2D eigenvalue weighted by molar-refractivity contribution is 0.0951. The number of fused-ring (bicyclic) bond motifs is 1. The summed E-state index contributed by atoms with van der Waals surface area (Å²) in [7, 11) is 0. The molecule has 0 aliphatic heterocycles. The molecule has 5 nitrogen and oxygen atoms in total. The first kappa shape index (κ1) is 21.1. The molecule has 2 N–H and O–H groups in total. The van der Waals surface area contributed by atoms with Crippen molar-refractivity contribution >= 4 is 84.7 Å². The molecule has 1 amide bonds. The number of amides is 1. The lowest BCUT2D eigenvalue weighted by Crippen LogP contribution is -2.33. The number of nitrogens with one attached hydrogen (secondary N) is 2. The molecule has 4 rings (SSSR count). The fraction of sp³-hybridized carbons (Fsp3) is 0.0500. The van der Waals surface area contributed by atoms with Crippen molar-refractivity contribution < 1.29 is 9.21 Å². The zero-order chi connectivity index (χ0) is 21.4. The number of carbonyl (C=O) groups excluding carboxylic acids is 1. The predicted octanol–water partition coefficient (Wildman–Crippen LogP) is 6.95. The average Bonchev–Trinajstić information content (AvgIpc) is 3.34. The van der Waals surface area contributed by atoms with Crippen molar-refractivity contribution in [1.82, 2.24) is 10.3 Å². The van der Waals surface area contributed by atoms with Crippen LogP contribution in [0.1, 0.15) is 16.1 Å². The number of thiocarbonyl (C=S) groups is 1. The van der Waals surface area contributed by atoms with Crippen LogP contribution >= 0.6 is 58.4 Å². The number of thiazole rings is 1. The monoisotopic (exact) mass is 495 g/mol. The summed E-state index contributed by atoms with van der Waals surface area (Å²) in [5, 5.41) is 7.42. The Labute approximate surface area is 196 Å². The van der Waals surface area contributed by atoms with Gasteiger partial charge < -0.3 is 9.73 Å². The van der Waals surface area contributed by atoms with E-state index in [-0.39, 0.29) is 10.9 Å². The average molecular weight is 497 g/mol. The first-order chi connectivity index (χ1) is 14.3. The van der Waals surface area contributed by atoms with Gasteiger partial charge in [-0.3, -0.25) is 10.1 Å². The highest BCUT2D eigenvalue weighted by molar-refractivity contribution is 7.80. The van der Waals surface area contributed by atoms with E-state index >= 15 is 0 Å². The summed E-state index contributed by atoms with van der Waals surface area (Å²) in [6, 6.07) is 12.3. The summed E-state index contributed by atoms with van der Waals surface area (Å²) in [5.74, 6) is 0.155. The Balaban J connectivity index is 1.45. The Kier molecular flexibility index (Phi) is 5.99. The van der Waals surface area contributed by atoms with Crippen LogP contribution in [0.4, 0.5) is 5.13 Å². The van der Waals surface area contributed by atoms with Crippen molar-refractivity contribution in [2.75, 3.05) is 5.32 Å². The van der Waals surface area contributed by atoms with Crippen LogP contribution in [-0.4, -0.2) is 16.0 Å². The molecule has 30 heavy (non-hydrogen) atoms. The van der Waals surface area contributed by atoms with Crippen LogP contribution in [0.5, 0.6) is 0 Å². The molecule has 0 atom stereocenters. The Bertz CT molecular complexity index is 1300. The van der Waals surface area contributed by atoms with Gasteiger partial charge in [-0.2, -0.15) is 0 Å². The van der Waals surface area contributed by atoms with Crippen molar-refractivity contribution in [1.29, 1.82) is 0 Å². The van der Waals surface area contributed by atoms with E-state index in [0.717, 1.165) is 15.8 Å². The Morgan fingerprint density at radius 2 is 1.90 bits per heavy atom. The largest absolute Gasteiger partial charge is 0.451 e. The Hall–Kier alpha value is -2.16. The van der Waals surface area contributed by atoms with E-state index in [9.17, 15) is 4.79 Å². The molecular formula is C20H12Cl3N3O2S2. The molecule has 152 valence electrons. The minimum atomic E-state index is -0.487. The number of carbonyl (C=O) groups is 1. The number of aryl methyl sites for hydroxylation is 1. The quantitative estimate of drug-likeness (QED) is 0.300. The summed E-state index contributed by atoms with van der Waals surface area (Å²) in [4.78, 5) is 16.8. The van der Waals surface area contributed by atoms with E-state index in [4.69, 9.17) is 51.4 Å². The van der Waals surface area contributed by atoms with Crippen LogP contribution in [-0.2, 0) is 0 Å². The van der Waals surface area contributed by atoms with Gasteiger partial charge in [-0.1, -0.05) is 58.3 Å². The van der Waals surface area contributed by atoms with Crippen LogP contribution in [0.3, 0.4) is 0 Å². The molecule has 2 aromatic carbocycles. The highest BCUT2D eigenvalue weighted by Gasteiger charge is 2.16. The molecule has 0 bridgehead atoms.